The van der Waals surface area contributed by atoms with Crippen molar-refractivity contribution in [3.8, 4) is 0 Å². The average Bonchev–Trinajstić information content (AvgIpc) is 3.30. The molecule has 108 valence electrons. The lowest BCUT2D eigenvalue weighted by Gasteiger charge is -2.23. The first-order chi connectivity index (χ1) is 10.1. The van der Waals surface area contributed by atoms with Crippen LogP contribution in [0.25, 0.3) is 0 Å². The Labute approximate surface area is 122 Å². The van der Waals surface area contributed by atoms with Gasteiger partial charge in [-0.25, -0.2) is 4.39 Å². The number of nitrogen functional groups attached to an aromatic ring is 1. The summed E-state index contributed by atoms with van der Waals surface area (Å²) in [5.41, 5.74) is 6.90. The molecule has 0 bridgehead atoms. The summed E-state index contributed by atoms with van der Waals surface area (Å²) in [5, 5.41) is 0. The van der Waals surface area contributed by atoms with Crippen molar-refractivity contribution >= 4 is 11.6 Å². The van der Waals surface area contributed by atoms with E-state index in [4.69, 9.17) is 5.73 Å². The second-order valence-electron chi connectivity index (χ2n) is 5.26. The fraction of sp³-hybridized carbons (Fsp3) is 0.250. The topological polar surface area (TPSA) is 59.2 Å². The number of hydrogen-bond donors (Lipinski definition) is 1. The highest BCUT2D eigenvalue weighted by Crippen LogP contribution is 2.30. The number of carbonyl (C=O) groups is 1. The predicted octanol–water partition coefficient (Wildman–Crippen LogP) is 2.61. The van der Waals surface area contributed by atoms with E-state index in [1.165, 1.54) is 12.1 Å². The fourth-order valence-electron chi connectivity index (χ4n) is 2.30. The summed E-state index contributed by atoms with van der Waals surface area (Å²) in [4.78, 5) is 18.3. The van der Waals surface area contributed by atoms with Gasteiger partial charge in [0.2, 0.25) is 0 Å². The van der Waals surface area contributed by atoms with Crippen LogP contribution in [0, 0.1) is 5.82 Å². The van der Waals surface area contributed by atoms with Gasteiger partial charge in [0.05, 0.1) is 5.56 Å². The van der Waals surface area contributed by atoms with Gasteiger partial charge in [-0.15, -0.1) is 0 Å². The molecule has 0 unspecified atom stereocenters. The maximum absolute atomic E-state index is 13.9. The van der Waals surface area contributed by atoms with Gasteiger partial charge in [-0.05, 0) is 48.7 Å². The third-order valence-corrected chi connectivity index (χ3v) is 3.57. The molecule has 1 saturated carbocycles. The zero-order valence-corrected chi connectivity index (χ0v) is 11.5. The molecule has 0 atom stereocenters. The first-order valence-corrected chi connectivity index (χ1v) is 6.90. The van der Waals surface area contributed by atoms with Crippen LogP contribution < -0.4 is 5.73 Å². The van der Waals surface area contributed by atoms with Crippen LogP contribution in [0.5, 0.6) is 0 Å². The number of benzene rings is 1. The summed E-state index contributed by atoms with van der Waals surface area (Å²) in [6.07, 6.45) is 5.31. The molecule has 1 aliphatic carbocycles. The molecule has 1 aromatic carbocycles. The molecule has 0 spiro atoms. The quantitative estimate of drug-likeness (QED) is 0.878. The Morgan fingerprint density at radius 2 is 2.00 bits per heavy atom. The van der Waals surface area contributed by atoms with Crippen LogP contribution in [0.2, 0.25) is 0 Å². The molecule has 2 aromatic rings. The van der Waals surface area contributed by atoms with Crippen LogP contribution >= 0.6 is 0 Å². The van der Waals surface area contributed by atoms with Crippen molar-refractivity contribution < 1.29 is 9.18 Å². The van der Waals surface area contributed by atoms with Gasteiger partial charge in [-0.1, -0.05) is 0 Å². The summed E-state index contributed by atoms with van der Waals surface area (Å²) in [6, 6.07) is 8.11. The smallest absolute Gasteiger partial charge is 0.257 e. The summed E-state index contributed by atoms with van der Waals surface area (Å²) in [6.45, 7) is 0.468. The molecule has 5 heteroatoms. The van der Waals surface area contributed by atoms with Crippen LogP contribution in [-0.4, -0.2) is 21.8 Å². The van der Waals surface area contributed by atoms with E-state index in [0.29, 0.717) is 12.2 Å². The number of carbonyl (C=O) groups excluding carboxylic acids is 1. The lowest BCUT2D eigenvalue weighted by atomic mass is 10.1. The van der Waals surface area contributed by atoms with Crippen LogP contribution in [-0.2, 0) is 6.54 Å². The summed E-state index contributed by atoms with van der Waals surface area (Å²) >= 11 is 0. The summed E-state index contributed by atoms with van der Waals surface area (Å²) in [5.74, 6) is -0.854. The van der Waals surface area contributed by atoms with Gasteiger partial charge in [0.25, 0.3) is 5.91 Å². The molecular weight excluding hydrogens is 269 g/mol. The summed E-state index contributed by atoms with van der Waals surface area (Å²) < 4.78 is 13.9. The Kier molecular flexibility index (Phi) is 3.56. The van der Waals surface area contributed by atoms with Gasteiger partial charge in [-0.3, -0.25) is 9.78 Å². The Hall–Kier alpha value is -2.43. The Balaban J connectivity index is 1.85. The SMILES string of the molecule is Nc1ccc(C(=O)N(Cc2ccncc2)C2CC2)c(F)c1. The van der Waals surface area contributed by atoms with Crippen molar-refractivity contribution in [1.29, 1.82) is 0 Å². The highest BCUT2D eigenvalue weighted by atomic mass is 19.1. The van der Waals surface area contributed by atoms with Crippen molar-refractivity contribution in [2.24, 2.45) is 0 Å². The van der Waals surface area contributed by atoms with Gasteiger partial charge < -0.3 is 10.6 Å². The molecule has 3 rings (SSSR count). The zero-order chi connectivity index (χ0) is 14.8. The number of halogens is 1. The van der Waals surface area contributed by atoms with Gasteiger partial charge in [0, 0.05) is 30.7 Å². The van der Waals surface area contributed by atoms with E-state index in [1.807, 2.05) is 12.1 Å². The summed E-state index contributed by atoms with van der Waals surface area (Å²) in [7, 11) is 0. The maximum atomic E-state index is 13.9. The normalized spacial score (nSPS) is 14.0. The van der Waals surface area contributed by atoms with E-state index in [9.17, 15) is 9.18 Å². The molecule has 0 radical (unpaired) electrons. The minimum atomic E-state index is -0.569. The Morgan fingerprint density at radius 1 is 1.29 bits per heavy atom. The minimum absolute atomic E-state index is 0.0742. The number of nitrogens with two attached hydrogens (primary N) is 1. The third-order valence-electron chi connectivity index (χ3n) is 3.57. The van der Waals surface area contributed by atoms with Gasteiger partial charge in [0.15, 0.2) is 0 Å². The van der Waals surface area contributed by atoms with Crippen molar-refractivity contribution in [3.05, 3.63) is 59.7 Å². The molecule has 1 heterocycles. The van der Waals surface area contributed by atoms with E-state index in [-0.39, 0.29) is 17.5 Å². The van der Waals surface area contributed by atoms with Crippen LogP contribution in [0.3, 0.4) is 0 Å². The second-order valence-corrected chi connectivity index (χ2v) is 5.26. The highest BCUT2D eigenvalue weighted by Gasteiger charge is 2.34. The average molecular weight is 285 g/mol. The molecule has 1 fully saturated rings. The lowest BCUT2D eigenvalue weighted by molar-refractivity contribution is 0.0725. The molecule has 0 aliphatic heterocycles. The first kappa shape index (κ1) is 13.5. The maximum Gasteiger partial charge on any atom is 0.257 e. The van der Waals surface area contributed by atoms with Crippen molar-refractivity contribution in [2.45, 2.75) is 25.4 Å². The van der Waals surface area contributed by atoms with E-state index >= 15 is 0 Å². The number of aromatic nitrogens is 1. The third kappa shape index (κ3) is 3.02. The van der Waals surface area contributed by atoms with E-state index in [0.717, 1.165) is 18.4 Å². The molecule has 21 heavy (non-hydrogen) atoms. The Morgan fingerprint density at radius 3 is 2.62 bits per heavy atom. The van der Waals surface area contributed by atoms with Crippen molar-refractivity contribution in [2.75, 3.05) is 5.73 Å². The fourth-order valence-corrected chi connectivity index (χ4v) is 2.30. The number of rotatable bonds is 4. The van der Waals surface area contributed by atoms with Gasteiger partial charge in [0.1, 0.15) is 5.82 Å². The van der Waals surface area contributed by atoms with E-state index in [1.54, 1.807) is 23.4 Å². The standard InChI is InChI=1S/C16H16FN3O/c17-15-9-12(18)1-4-14(15)16(21)20(13-2-3-13)10-11-5-7-19-8-6-11/h1,4-9,13H,2-3,10,18H2. The van der Waals surface area contributed by atoms with E-state index < -0.39 is 5.82 Å². The van der Waals surface area contributed by atoms with Crippen LogP contribution in [0.4, 0.5) is 10.1 Å². The Bertz CT molecular complexity index is 656. The number of anilines is 1. The van der Waals surface area contributed by atoms with Gasteiger partial charge in [-0.2, -0.15) is 0 Å². The van der Waals surface area contributed by atoms with Crippen LogP contribution in [0.1, 0.15) is 28.8 Å². The second kappa shape index (κ2) is 5.52. The minimum Gasteiger partial charge on any atom is -0.399 e. The zero-order valence-electron chi connectivity index (χ0n) is 11.5. The van der Waals surface area contributed by atoms with Gasteiger partial charge >= 0.3 is 0 Å². The molecule has 1 aromatic heterocycles. The lowest BCUT2D eigenvalue weighted by Crippen LogP contribution is -2.33. The number of amides is 1. The number of nitrogens with zero attached hydrogens (tertiary/aromatic N) is 2. The monoisotopic (exact) mass is 285 g/mol. The van der Waals surface area contributed by atoms with Crippen LogP contribution in [0.15, 0.2) is 42.7 Å². The molecule has 4 nitrogen and oxygen atoms in total. The van der Waals surface area contributed by atoms with E-state index in [2.05, 4.69) is 4.98 Å². The number of hydrogen-bond acceptors (Lipinski definition) is 3. The molecule has 2 N–H and O–H groups in total. The highest BCUT2D eigenvalue weighted by molar-refractivity contribution is 5.95. The molecule has 0 saturated heterocycles. The molecular formula is C16H16FN3O. The number of pyridine rings is 1. The molecule has 1 amide bonds. The largest absolute Gasteiger partial charge is 0.399 e. The van der Waals surface area contributed by atoms with Crippen molar-refractivity contribution in [1.82, 2.24) is 9.88 Å². The van der Waals surface area contributed by atoms with Crippen molar-refractivity contribution in [3.63, 3.8) is 0 Å². The first-order valence-electron chi connectivity index (χ1n) is 6.90. The predicted molar refractivity (Wildman–Crippen MR) is 77.9 cm³/mol. The molecule has 1 aliphatic rings.